The van der Waals surface area contributed by atoms with Crippen LogP contribution in [0.5, 0.6) is 0 Å². The zero-order chi connectivity index (χ0) is 12.5. The molecule has 0 saturated carbocycles. The molecule has 1 N–H and O–H groups in total. The Labute approximate surface area is 97.4 Å². The number of piperazine rings is 1. The largest absolute Gasteiger partial charge is 0.345 e. The molecule has 4 nitrogen and oxygen atoms in total. The first-order valence-corrected chi connectivity index (χ1v) is 5.80. The summed E-state index contributed by atoms with van der Waals surface area (Å²) in [6, 6.07) is -0.351. The van der Waals surface area contributed by atoms with Gasteiger partial charge < -0.3 is 10.2 Å². The Bertz CT molecular complexity index is 292. The highest BCUT2D eigenvalue weighted by molar-refractivity contribution is 5.95. The van der Waals surface area contributed by atoms with Gasteiger partial charge in [0, 0.05) is 6.54 Å². The lowest BCUT2D eigenvalue weighted by Crippen LogP contribution is -2.63. The van der Waals surface area contributed by atoms with Gasteiger partial charge in [0.15, 0.2) is 0 Å². The fourth-order valence-corrected chi connectivity index (χ4v) is 2.11. The van der Waals surface area contributed by atoms with Crippen LogP contribution in [0.1, 0.15) is 34.6 Å². The van der Waals surface area contributed by atoms with Crippen LogP contribution in [0, 0.1) is 11.3 Å². The predicted molar refractivity (Wildman–Crippen MR) is 62.8 cm³/mol. The molecule has 0 aromatic carbocycles. The van der Waals surface area contributed by atoms with Crippen molar-refractivity contribution in [2.75, 3.05) is 13.1 Å². The number of hydrogen-bond donors (Lipinski definition) is 1. The van der Waals surface area contributed by atoms with E-state index in [1.54, 1.807) is 4.90 Å². The van der Waals surface area contributed by atoms with E-state index in [1.165, 1.54) is 0 Å². The normalized spacial score (nSPS) is 22.6. The van der Waals surface area contributed by atoms with Gasteiger partial charge in [0.05, 0.1) is 6.54 Å². The molecule has 16 heavy (non-hydrogen) atoms. The van der Waals surface area contributed by atoms with Gasteiger partial charge in [0.1, 0.15) is 6.04 Å². The van der Waals surface area contributed by atoms with Gasteiger partial charge in [-0.1, -0.05) is 34.6 Å². The number of rotatable bonds is 2. The minimum absolute atomic E-state index is 0.0215. The molecule has 0 aromatic rings. The van der Waals surface area contributed by atoms with E-state index in [-0.39, 0.29) is 29.8 Å². The minimum atomic E-state index is -0.351. The van der Waals surface area contributed by atoms with E-state index in [2.05, 4.69) is 19.2 Å². The third-order valence-electron chi connectivity index (χ3n) is 2.68. The van der Waals surface area contributed by atoms with E-state index in [9.17, 15) is 9.59 Å². The molecule has 2 amide bonds. The number of carbonyl (C=O) groups excluding carboxylic acids is 2. The lowest BCUT2D eigenvalue weighted by atomic mass is 9.83. The van der Waals surface area contributed by atoms with Crippen molar-refractivity contribution in [2.45, 2.75) is 40.7 Å². The summed E-state index contributed by atoms with van der Waals surface area (Å²) in [5.41, 5.74) is -0.227. The molecule has 1 rings (SSSR count). The van der Waals surface area contributed by atoms with Gasteiger partial charge in [-0.2, -0.15) is 0 Å². The van der Waals surface area contributed by atoms with Crippen LogP contribution < -0.4 is 5.32 Å². The quantitative estimate of drug-likeness (QED) is 0.764. The Morgan fingerprint density at radius 3 is 2.38 bits per heavy atom. The molecular weight excluding hydrogens is 204 g/mol. The monoisotopic (exact) mass is 226 g/mol. The summed E-state index contributed by atoms with van der Waals surface area (Å²) < 4.78 is 0. The summed E-state index contributed by atoms with van der Waals surface area (Å²) in [5.74, 6) is 0.362. The molecule has 1 heterocycles. The minimum Gasteiger partial charge on any atom is -0.345 e. The van der Waals surface area contributed by atoms with Crippen molar-refractivity contribution in [1.29, 1.82) is 0 Å². The fourth-order valence-electron chi connectivity index (χ4n) is 2.11. The summed E-state index contributed by atoms with van der Waals surface area (Å²) in [6.45, 7) is 10.9. The van der Waals surface area contributed by atoms with Crippen LogP contribution >= 0.6 is 0 Å². The van der Waals surface area contributed by atoms with Gasteiger partial charge in [-0.05, 0) is 11.3 Å². The van der Waals surface area contributed by atoms with Crippen LogP contribution in [0.3, 0.4) is 0 Å². The van der Waals surface area contributed by atoms with Crippen molar-refractivity contribution >= 4 is 11.8 Å². The van der Waals surface area contributed by atoms with E-state index in [1.807, 2.05) is 20.8 Å². The predicted octanol–water partition coefficient (Wildman–Crippen LogP) is 1.02. The lowest BCUT2D eigenvalue weighted by molar-refractivity contribution is -0.150. The summed E-state index contributed by atoms with van der Waals surface area (Å²) in [7, 11) is 0. The standard InChI is InChI=1S/C12H22N2O2/c1-8(2)7-14-9(15)6-13-11(16)10(14)12(3,4)5/h8,10H,6-7H2,1-5H3,(H,13,16). The molecule has 1 atom stereocenters. The van der Waals surface area contributed by atoms with Gasteiger partial charge in [-0.3, -0.25) is 9.59 Å². The molecule has 0 spiro atoms. The molecule has 0 bridgehead atoms. The Morgan fingerprint density at radius 2 is 1.94 bits per heavy atom. The summed E-state index contributed by atoms with van der Waals surface area (Å²) in [4.78, 5) is 25.4. The van der Waals surface area contributed by atoms with Crippen molar-refractivity contribution < 1.29 is 9.59 Å². The maximum atomic E-state index is 11.9. The van der Waals surface area contributed by atoms with E-state index in [0.29, 0.717) is 12.5 Å². The highest BCUT2D eigenvalue weighted by atomic mass is 16.2. The van der Waals surface area contributed by atoms with E-state index in [0.717, 1.165) is 0 Å². The molecule has 1 aliphatic heterocycles. The molecule has 0 radical (unpaired) electrons. The van der Waals surface area contributed by atoms with E-state index in [4.69, 9.17) is 0 Å². The molecule has 1 unspecified atom stereocenters. The van der Waals surface area contributed by atoms with Crippen LogP contribution in [0.25, 0.3) is 0 Å². The highest BCUT2D eigenvalue weighted by Gasteiger charge is 2.41. The Balaban J connectivity index is 2.95. The first kappa shape index (κ1) is 13.0. The number of hydrogen-bond acceptors (Lipinski definition) is 2. The first-order chi connectivity index (χ1) is 7.23. The van der Waals surface area contributed by atoms with Gasteiger partial charge >= 0.3 is 0 Å². The second kappa shape index (κ2) is 4.44. The molecule has 4 heteroatoms. The SMILES string of the molecule is CC(C)CN1C(=O)CNC(=O)C1C(C)(C)C. The summed E-state index contributed by atoms with van der Waals surface area (Å²) in [5, 5.41) is 2.66. The average molecular weight is 226 g/mol. The number of nitrogens with zero attached hydrogens (tertiary/aromatic N) is 1. The topological polar surface area (TPSA) is 49.4 Å². The second-order valence-electron chi connectivity index (χ2n) is 5.93. The number of amides is 2. The van der Waals surface area contributed by atoms with E-state index >= 15 is 0 Å². The smallest absolute Gasteiger partial charge is 0.243 e. The average Bonchev–Trinajstić information content (AvgIpc) is 2.08. The van der Waals surface area contributed by atoms with Crippen LogP contribution in [0.2, 0.25) is 0 Å². The maximum absolute atomic E-state index is 11.9. The van der Waals surface area contributed by atoms with Crippen molar-refractivity contribution in [1.82, 2.24) is 10.2 Å². The van der Waals surface area contributed by atoms with Crippen LogP contribution in [-0.2, 0) is 9.59 Å². The molecule has 1 saturated heterocycles. The summed E-state index contributed by atoms with van der Waals surface area (Å²) >= 11 is 0. The van der Waals surface area contributed by atoms with E-state index < -0.39 is 0 Å². The van der Waals surface area contributed by atoms with Crippen molar-refractivity contribution in [3.8, 4) is 0 Å². The van der Waals surface area contributed by atoms with Crippen molar-refractivity contribution in [3.63, 3.8) is 0 Å². The third kappa shape index (κ3) is 2.74. The van der Waals surface area contributed by atoms with Gasteiger partial charge in [0.25, 0.3) is 0 Å². The Hall–Kier alpha value is -1.06. The number of nitrogens with one attached hydrogen (secondary N) is 1. The third-order valence-corrected chi connectivity index (χ3v) is 2.68. The van der Waals surface area contributed by atoms with Crippen LogP contribution in [-0.4, -0.2) is 35.8 Å². The lowest BCUT2D eigenvalue weighted by Gasteiger charge is -2.42. The molecule has 1 fully saturated rings. The van der Waals surface area contributed by atoms with Gasteiger partial charge in [-0.25, -0.2) is 0 Å². The Morgan fingerprint density at radius 1 is 1.38 bits per heavy atom. The van der Waals surface area contributed by atoms with Crippen molar-refractivity contribution in [3.05, 3.63) is 0 Å². The molecule has 0 aliphatic carbocycles. The molecule has 92 valence electrons. The number of carbonyl (C=O) groups is 2. The maximum Gasteiger partial charge on any atom is 0.243 e. The van der Waals surface area contributed by atoms with Gasteiger partial charge in [-0.15, -0.1) is 0 Å². The first-order valence-electron chi connectivity index (χ1n) is 5.80. The van der Waals surface area contributed by atoms with Crippen LogP contribution in [0.15, 0.2) is 0 Å². The van der Waals surface area contributed by atoms with Crippen LogP contribution in [0.4, 0.5) is 0 Å². The highest BCUT2D eigenvalue weighted by Crippen LogP contribution is 2.27. The van der Waals surface area contributed by atoms with Gasteiger partial charge in [0.2, 0.25) is 11.8 Å². The Kier molecular flexibility index (Phi) is 3.61. The molecule has 0 aromatic heterocycles. The zero-order valence-corrected chi connectivity index (χ0v) is 10.8. The van der Waals surface area contributed by atoms with Crippen molar-refractivity contribution in [2.24, 2.45) is 11.3 Å². The molecular formula is C12H22N2O2. The summed E-state index contributed by atoms with van der Waals surface area (Å²) in [6.07, 6.45) is 0. The zero-order valence-electron chi connectivity index (χ0n) is 10.8. The fraction of sp³-hybridized carbons (Fsp3) is 0.833. The second-order valence-corrected chi connectivity index (χ2v) is 5.93. The molecule has 1 aliphatic rings.